The van der Waals surface area contributed by atoms with E-state index in [1.54, 1.807) is 36.5 Å². The third-order valence-corrected chi connectivity index (χ3v) is 6.49. The number of amides is 2. The average Bonchev–Trinajstić information content (AvgIpc) is 3.50. The molecule has 0 aliphatic heterocycles. The zero-order chi connectivity index (χ0) is 29.0. The first-order valence-electron chi connectivity index (χ1n) is 12.4. The minimum absolute atomic E-state index is 0.0677. The van der Waals surface area contributed by atoms with Gasteiger partial charge in [-0.1, -0.05) is 59.6 Å². The van der Waals surface area contributed by atoms with Gasteiger partial charge in [0.05, 0.1) is 29.7 Å². The Balaban J connectivity index is 1.35. The molecule has 0 radical (unpaired) electrons. The lowest BCUT2D eigenvalue weighted by molar-refractivity contribution is -0.123. The Morgan fingerprint density at radius 1 is 1.00 bits per heavy atom. The summed E-state index contributed by atoms with van der Waals surface area (Å²) in [6, 6.07) is 18.7. The number of nitrogens with one attached hydrogen (secondary N) is 3. The molecule has 3 N–H and O–H groups in total. The van der Waals surface area contributed by atoms with Crippen molar-refractivity contribution in [1.82, 2.24) is 20.7 Å². The summed E-state index contributed by atoms with van der Waals surface area (Å²) in [6.07, 6.45) is 3.92. The average molecular weight is 596 g/mol. The van der Waals surface area contributed by atoms with Gasteiger partial charge >= 0.3 is 6.09 Å². The van der Waals surface area contributed by atoms with Crippen LogP contribution in [0.3, 0.4) is 0 Å². The fourth-order valence-corrected chi connectivity index (χ4v) is 3.98. The van der Waals surface area contributed by atoms with E-state index in [2.05, 4.69) is 25.8 Å². The molecule has 1 heterocycles. The number of alkyl carbamates (subject to hydrolysis) is 1. The van der Waals surface area contributed by atoms with Crippen LogP contribution in [0.4, 0.5) is 4.79 Å². The van der Waals surface area contributed by atoms with Gasteiger partial charge in [0, 0.05) is 18.3 Å². The molecule has 0 aliphatic carbocycles. The summed E-state index contributed by atoms with van der Waals surface area (Å²) in [5, 5.41) is 7.54. The maximum absolute atomic E-state index is 12.9. The van der Waals surface area contributed by atoms with Crippen molar-refractivity contribution in [3.63, 3.8) is 0 Å². The lowest BCUT2D eigenvalue weighted by Crippen LogP contribution is -2.47. The van der Waals surface area contributed by atoms with Gasteiger partial charge in [-0.2, -0.15) is 5.10 Å². The molecule has 12 heteroatoms. The number of aromatic nitrogens is 2. The summed E-state index contributed by atoms with van der Waals surface area (Å²) >= 11 is 12.0. The molecule has 0 saturated heterocycles. The van der Waals surface area contributed by atoms with Crippen molar-refractivity contribution in [3.05, 3.63) is 112 Å². The Bertz CT molecular complexity index is 1480. The first-order chi connectivity index (χ1) is 19.9. The number of hydrogen-bond donors (Lipinski definition) is 3. The Kier molecular flexibility index (Phi) is 10.6. The van der Waals surface area contributed by atoms with E-state index in [0.29, 0.717) is 32.8 Å². The molecule has 0 saturated carbocycles. The smallest absolute Gasteiger partial charge is 0.408 e. The Hall–Kier alpha value is -4.54. The zero-order valence-corrected chi connectivity index (χ0v) is 23.5. The number of carbonyl (C=O) groups is 2. The van der Waals surface area contributed by atoms with Crippen molar-refractivity contribution in [1.29, 1.82) is 0 Å². The van der Waals surface area contributed by atoms with Gasteiger partial charge in [0.2, 0.25) is 0 Å². The van der Waals surface area contributed by atoms with Gasteiger partial charge in [-0.05, 0) is 47.0 Å². The molecule has 0 spiro atoms. The monoisotopic (exact) mass is 595 g/mol. The summed E-state index contributed by atoms with van der Waals surface area (Å²) < 4.78 is 16.6. The Morgan fingerprint density at radius 2 is 1.83 bits per heavy atom. The highest BCUT2D eigenvalue weighted by Crippen LogP contribution is 2.29. The topological polar surface area (TPSA) is 127 Å². The second kappa shape index (κ2) is 14.7. The van der Waals surface area contributed by atoms with E-state index < -0.39 is 18.0 Å². The van der Waals surface area contributed by atoms with Crippen molar-refractivity contribution in [3.8, 4) is 11.5 Å². The number of halogens is 2. The summed E-state index contributed by atoms with van der Waals surface area (Å²) in [4.78, 5) is 32.2. The van der Waals surface area contributed by atoms with E-state index in [1.807, 2.05) is 36.4 Å². The van der Waals surface area contributed by atoms with Crippen LogP contribution in [-0.4, -0.2) is 41.3 Å². The van der Waals surface area contributed by atoms with Gasteiger partial charge in [-0.3, -0.25) is 4.79 Å². The maximum Gasteiger partial charge on any atom is 0.408 e. The quantitative estimate of drug-likeness (QED) is 0.151. The largest absolute Gasteiger partial charge is 0.493 e. The number of hydrazone groups is 1. The van der Waals surface area contributed by atoms with E-state index in [4.69, 9.17) is 37.4 Å². The van der Waals surface area contributed by atoms with E-state index in [1.165, 1.54) is 19.7 Å². The van der Waals surface area contributed by atoms with Crippen molar-refractivity contribution in [2.24, 2.45) is 5.10 Å². The number of hydrogen-bond acceptors (Lipinski definition) is 7. The van der Waals surface area contributed by atoms with E-state index >= 15 is 0 Å². The van der Waals surface area contributed by atoms with Crippen LogP contribution in [0.25, 0.3) is 0 Å². The molecule has 3 aromatic carbocycles. The molecular formula is C29H27Cl2N5O5. The number of imidazole rings is 1. The molecule has 4 aromatic rings. The van der Waals surface area contributed by atoms with E-state index in [0.717, 1.165) is 11.1 Å². The SMILES string of the molecule is COc1cc(/C=N\NC(=O)[C@@H](Cc2cnc[nH]2)NC(=O)OCc2ccccc2)ccc1OCc1ccc(Cl)c(Cl)c1. The van der Waals surface area contributed by atoms with E-state index in [-0.39, 0.29) is 19.6 Å². The molecule has 0 bridgehead atoms. The maximum atomic E-state index is 12.9. The molecule has 41 heavy (non-hydrogen) atoms. The third-order valence-electron chi connectivity index (χ3n) is 5.75. The van der Waals surface area contributed by atoms with Crippen LogP contribution >= 0.6 is 23.2 Å². The number of rotatable bonds is 12. The minimum Gasteiger partial charge on any atom is -0.493 e. The summed E-state index contributed by atoms with van der Waals surface area (Å²) in [7, 11) is 1.52. The third kappa shape index (κ3) is 8.99. The predicted molar refractivity (Wildman–Crippen MR) is 155 cm³/mol. The highest BCUT2D eigenvalue weighted by atomic mass is 35.5. The van der Waals surface area contributed by atoms with Crippen LogP contribution < -0.4 is 20.2 Å². The highest BCUT2D eigenvalue weighted by molar-refractivity contribution is 6.42. The fraction of sp³-hybridized carbons (Fsp3) is 0.172. The standard InChI is InChI=1S/C29H27Cl2N5O5/c1-39-27-12-20(8-10-26(27)40-17-21-7-9-23(30)24(31)11-21)14-34-36-28(37)25(13-22-15-32-18-33-22)35-29(38)41-16-19-5-3-2-4-6-19/h2-12,14-15,18,25H,13,16-17H2,1H3,(H,32,33)(H,35,38)(H,36,37)/b34-14-/t25-/m1/s1. The summed E-state index contributed by atoms with van der Waals surface area (Å²) in [6.45, 7) is 0.327. The molecule has 212 valence electrons. The van der Waals surface area contributed by atoms with Crippen LogP contribution in [-0.2, 0) is 29.2 Å². The second-order valence-electron chi connectivity index (χ2n) is 8.72. The number of carbonyl (C=O) groups excluding carboxylic acids is 2. The lowest BCUT2D eigenvalue weighted by atomic mass is 10.1. The van der Waals surface area contributed by atoms with Gasteiger partial charge in [0.25, 0.3) is 5.91 Å². The highest BCUT2D eigenvalue weighted by Gasteiger charge is 2.22. The summed E-state index contributed by atoms with van der Waals surface area (Å²) in [5.41, 5.74) is 5.42. The molecule has 0 unspecified atom stereocenters. The number of methoxy groups -OCH3 is 1. The lowest BCUT2D eigenvalue weighted by Gasteiger charge is -2.16. The van der Waals surface area contributed by atoms with Crippen LogP contribution in [0.1, 0.15) is 22.4 Å². The van der Waals surface area contributed by atoms with Gasteiger partial charge < -0.3 is 24.5 Å². The van der Waals surface area contributed by atoms with Crippen molar-refractivity contribution >= 4 is 41.4 Å². The molecule has 4 rings (SSSR count). The van der Waals surface area contributed by atoms with Gasteiger partial charge in [-0.25, -0.2) is 15.2 Å². The van der Waals surface area contributed by atoms with Crippen molar-refractivity contribution in [2.75, 3.05) is 7.11 Å². The van der Waals surface area contributed by atoms with Crippen LogP contribution in [0.15, 0.2) is 84.4 Å². The molecule has 2 amide bonds. The Morgan fingerprint density at radius 3 is 2.56 bits per heavy atom. The van der Waals surface area contributed by atoms with Gasteiger partial charge in [0.1, 0.15) is 19.3 Å². The normalized spacial score (nSPS) is 11.6. The molecular weight excluding hydrogens is 569 g/mol. The molecule has 0 aliphatic rings. The first-order valence-corrected chi connectivity index (χ1v) is 13.2. The number of benzene rings is 3. The van der Waals surface area contributed by atoms with Crippen LogP contribution in [0, 0.1) is 0 Å². The predicted octanol–water partition coefficient (Wildman–Crippen LogP) is 5.29. The molecule has 10 nitrogen and oxygen atoms in total. The Labute approximate surface area is 246 Å². The van der Waals surface area contributed by atoms with Gasteiger partial charge in [0.15, 0.2) is 11.5 Å². The summed E-state index contributed by atoms with van der Waals surface area (Å²) in [5.74, 6) is 0.443. The fourth-order valence-electron chi connectivity index (χ4n) is 3.66. The number of aromatic amines is 1. The number of ether oxygens (including phenoxy) is 3. The number of nitrogens with zero attached hydrogens (tertiary/aromatic N) is 2. The van der Waals surface area contributed by atoms with Crippen LogP contribution in [0.5, 0.6) is 11.5 Å². The van der Waals surface area contributed by atoms with Crippen LogP contribution in [0.2, 0.25) is 10.0 Å². The molecule has 1 aromatic heterocycles. The zero-order valence-electron chi connectivity index (χ0n) is 22.0. The molecule has 0 fully saturated rings. The van der Waals surface area contributed by atoms with E-state index in [9.17, 15) is 9.59 Å². The van der Waals surface area contributed by atoms with Crippen molar-refractivity contribution in [2.45, 2.75) is 25.7 Å². The molecule has 1 atom stereocenters. The van der Waals surface area contributed by atoms with Crippen molar-refractivity contribution < 1.29 is 23.8 Å². The number of H-pyrrole nitrogens is 1. The first kappa shape index (κ1) is 29.4. The minimum atomic E-state index is -0.970. The van der Waals surface area contributed by atoms with Gasteiger partial charge in [-0.15, -0.1) is 0 Å². The second-order valence-corrected chi connectivity index (χ2v) is 9.54.